The second kappa shape index (κ2) is 4.22. The van der Waals surface area contributed by atoms with Gasteiger partial charge < -0.3 is 10.3 Å². The fourth-order valence-corrected chi connectivity index (χ4v) is 2.55. The van der Waals surface area contributed by atoms with Crippen LogP contribution >= 0.6 is 11.3 Å². The van der Waals surface area contributed by atoms with Gasteiger partial charge in [0.05, 0.1) is 17.2 Å². The topological polar surface area (TPSA) is 40.7 Å². The molecule has 17 heavy (non-hydrogen) atoms. The lowest BCUT2D eigenvalue weighted by Gasteiger charge is -2.13. The van der Waals surface area contributed by atoms with Gasteiger partial charge in [0.2, 0.25) is 0 Å². The highest BCUT2D eigenvalue weighted by atomic mass is 32.1. The normalized spacial score (nSPS) is 12.8. The largest absolute Gasteiger partial charge is 0.377 e. The van der Waals surface area contributed by atoms with E-state index in [4.69, 9.17) is 0 Å². The van der Waals surface area contributed by atoms with Gasteiger partial charge in [-0.1, -0.05) is 0 Å². The van der Waals surface area contributed by atoms with Gasteiger partial charge in [-0.2, -0.15) is 0 Å². The van der Waals surface area contributed by atoms with E-state index < -0.39 is 0 Å². The third kappa shape index (κ3) is 2.03. The smallest absolute Gasteiger partial charge is 0.0795 e. The Morgan fingerprint density at radius 2 is 2.29 bits per heavy atom. The molecule has 86 valence electrons. The van der Waals surface area contributed by atoms with Crippen LogP contribution in [0.1, 0.15) is 18.7 Å². The monoisotopic (exact) mass is 243 g/mol. The van der Waals surface area contributed by atoms with Crippen molar-refractivity contribution in [3.63, 3.8) is 0 Å². The molecule has 1 atom stereocenters. The van der Waals surface area contributed by atoms with E-state index in [0.29, 0.717) is 0 Å². The van der Waals surface area contributed by atoms with E-state index in [1.54, 1.807) is 11.3 Å². The minimum absolute atomic E-state index is 0.234. The number of hydrogen-bond acceptors (Lipinski definition) is 3. The number of anilines is 1. The van der Waals surface area contributed by atoms with E-state index in [2.05, 4.69) is 51.9 Å². The SMILES string of the molecule is CC(Nc1ccc2[nH]ccc2c1)c1cscn1. The van der Waals surface area contributed by atoms with Crippen LogP contribution in [0.3, 0.4) is 0 Å². The first-order valence-corrected chi connectivity index (χ1v) is 6.49. The van der Waals surface area contributed by atoms with Crippen LogP contribution in [-0.4, -0.2) is 9.97 Å². The summed E-state index contributed by atoms with van der Waals surface area (Å²) in [6, 6.07) is 8.63. The Morgan fingerprint density at radius 1 is 1.35 bits per heavy atom. The molecule has 1 unspecified atom stereocenters. The van der Waals surface area contributed by atoms with E-state index in [1.807, 2.05) is 11.7 Å². The van der Waals surface area contributed by atoms with Gasteiger partial charge in [0.1, 0.15) is 0 Å². The molecular weight excluding hydrogens is 230 g/mol. The summed E-state index contributed by atoms with van der Waals surface area (Å²) in [6.45, 7) is 2.12. The third-order valence-corrected chi connectivity index (χ3v) is 3.44. The molecule has 0 amide bonds. The Balaban J connectivity index is 1.84. The van der Waals surface area contributed by atoms with Crippen LogP contribution in [0.15, 0.2) is 41.4 Å². The summed E-state index contributed by atoms with van der Waals surface area (Å²) in [5.74, 6) is 0. The first-order valence-electron chi connectivity index (χ1n) is 5.55. The van der Waals surface area contributed by atoms with Crippen molar-refractivity contribution in [1.29, 1.82) is 0 Å². The molecule has 0 bridgehead atoms. The third-order valence-electron chi connectivity index (χ3n) is 2.83. The molecule has 1 aromatic carbocycles. The van der Waals surface area contributed by atoms with Crippen LogP contribution in [0.5, 0.6) is 0 Å². The summed E-state index contributed by atoms with van der Waals surface area (Å²) in [7, 11) is 0. The lowest BCUT2D eigenvalue weighted by Crippen LogP contribution is -2.06. The first kappa shape index (κ1) is 10.4. The zero-order chi connectivity index (χ0) is 11.7. The number of thiazole rings is 1. The molecule has 4 heteroatoms. The number of nitrogens with one attached hydrogen (secondary N) is 2. The highest BCUT2D eigenvalue weighted by molar-refractivity contribution is 7.07. The number of H-pyrrole nitrogens is 1. The summed E-state index contributed by atoms with van der Waals surface area (Å²) in [5.41, 5.74) is 5.24. The predicted molar refractivity (Wildman–Crippen MR) is 72.5 cm³/mol. The molecule has 3 rings (SSSR count). The fraction of sp³-hybridized carbons (Fsp3) is 0.154. The van der Waals surface area contributed by atoms with Crippen molar-refractivity contribution in [2.75, 3.05) is 5.32 Å². The second-order valence-corrected chi connectivity index (χ2v) is 4.78. The number of aromatic nitrogens is 2. The Bertz CT molecular complexity index is 612. The number of aromatic amines is 1. The Labute approximate surface area is 104 Å². The fourth-order valence-electron chi connectivity index (χ4n) is 1.90. The standard InChI is InChI=1S/C13H13N3S/c1-9(13-7-17-8-15-13)16-11-2-3-12-10(6-11)4-5-14-12/h2-9,14,16H,1H3. The number of fused-ring (bicyclic) bond motifs is 1. The highest BCUT2D eigenvalue weighted by Gasteiger charge is 2.07. The summed E-state index contributed by atoms with van der Waals surface area (Å²) >= 11 is 1.63. The molecule has 2 heterocycles. The van der Waals surface area contributed by atoms with E-state index in [1.165, 1.54) is 5.39 Å². The Hall–Kier alpha value is -1.81. The van der Waals surface area contributed by atoms with Crippen LogP contribution in [0.4, 0.5) is 5.69 Å². The Kier molecular flexibility index (Phi) is 2.57. The van der Waals surface area contributed by atoms with Crippen LogP contribution in [-0.2, 0) is 0 Å². The minimum atomic E-state index is 0.234. The Morgan fingerprint density at radius 3 is 3.12 bits per heavy atom. The lowest BCUT2D eigenvalue weighted by molar-refractivity contribution is 0.850. The highest BCUT2D eigenvalue weighted by Crippen LogP contribution is 2.22. The lowest BCUT2D eigenvalue weighted by atomic mass is 10.2. The molecule has 2 aromatic heterocycles. The zero-order valence-electron chi connectivity index (χ0n) is 9.47. The van der Waals surface area contributed by atoms with Gasteiger partial charge in [-0.15, -0.1) is 11.3 Å². The summed E-state index contributed by atoms with van der Waals surface area (Å²) in [6.07, 6.45) is 1.96. The molecule has 0 fully saturated rings. The second-order valence-electron chi connectivity index (χ2n) is 4.06. The minimum Gasteiger partial charge on any atom is -0.377 e. The van der Waals surface area contributed by atoms with Crippen LogP contribution in [0.2, 0.25) is 0 Å². The van der Waals surface area contributed by atoms with Crippen LogP contribution in [0, 0.1) is 0 Å². The number of nitrogens with zero attached hydrogens (tertiary/aromatic N) is 1. The van der Waals surface area contributed by atoms with E-state index in [9.17, 15) is 0 Å². The van der Waals surface area contributed by atoms with Crippen molar-refractivity contribution in [3.8, 4) is 0 Å². The van der Waals surface area contributed by atoms with Crippen LogP contribution in [0.25, 0.3) is 10.9 Å². The molecule has 2 N–H and O–H groups in total. The summed E-state index contributed by atoms with van der Waals surface area (Å²) in [5, 5.41) is 6.76. The van der Waals surface area contributed by atoms with E-state index in [0.717, 1.165) is 16.9 Å². The van der Waals surface area contributed by atoms with Crippen molar-refractivity contribution >= 4 is 27.9 Å². The molecule has 3 nitrogen and oxygen atoms in total. The molecule has 0 saturated carbocycles. The van der Waals surface area contributed by atoms with Gasteiger partial charge in [-0.3, -0.25) is 0 Å². The summed E-state index contributed by atoms with van der Waals surface area (Å²) in [4.78, 5) is 7.50. The molecule has 0 aliphatic heterocycles. The molecule has 0 radical (unpaired) electrons. The molecule has 0 saturated heterocycles. The predicted octanol–water partition coefficient (Wildman–Crippen LogP) is 3.80. The van der Waals surface area contributed by atoms with E-state index in [-0.39, 0.29) is 6.04 Å². The van der Waals surface area contributed by atoms with E-state index >= 15 is 0 Å². The van der Waals surface area contributed by atoms with Gasteiger partial charge in [0, 0.05) is 28.2 Å². The summed E-state index contributed by atoms with van der Waals surface area (Å²) < 4.78 is 0. The number of rotatable bonds is 3. The maximum atomic E-state index is 4.31. The quantitative estimate of drug-likeness (QED) is 0.734. The average molecular weight is 243 g/mol. The van der Waals surface area contributed by atoms with Crippen molar-refractivity contribution < 1.29 is 0 Å². The van der Waals surface area contributed by atoms with Crippen molar-refractivity contribution in [2.24, 2.45) is 0 Å². The van der Waals surface area contributed by atoms with Gasteiger partial charge in [-0.25, -0.2) is 4.98 Å². The molecular formula is C13H13N3S. The maximum absolute atomic E-state index is 4.31. The molecule has 0 spiro atoms. The first-order chi connectivity index (χ1) is 8.33. The van der Waals surface area contributed by atoms with Crippen molar-refractivity contribution in [2.45, 2.75) is 13.0 Å². The number of benzene rings is 1. The van der Waals surface area contributed by atoms with Gasteiger partial charge in [0.25, 0.3) is 0 Å². The van der Waals surface area contributed by atoms with Crippen molar-refractivity contribution in [3.05, 3.63) is 47.0 Å². The van der Waals surface area contributed by atoms with Gasteiger partial charge >= 0.3 is 0 Å². The average Bonchev–Trinajstić information content (AvgIpc) is 2.99. The molecule has 0 aliphatic carbocycles. The van der Waals surface area contributed by atoms with Gasteiger partial charge in [-0.05, 0) is 31.2 Å². The van der Waals surface area contributed by atoms with Crippen molar-refractivity contribution in [1.82, 2.24) is 9.97 Å². The number of hydrogen-bond donors (Lipinski definition) is 2. The van der Waals surface area contributed by atoms with Crippen LogP contribution < -0.4 is 5.32 Å². The maximum Gasteiger partial charge on any atom is 0.0795 e. The molecule has 3 aromatic rings. The van der Waals surface area contributed by atoms with Gasteiger partial charge in [0.15, 0.2) is 0 Å². The molecule has 0 aliphatic rings. The zero-order valence-corrected chi connectivity index (χ0v) is 10.3.